The molecule has 0 spiro atoms. The molecule has 1 unspecified atom stereocenters. The van der Waals surface area contributed by atoms with Crippen LogP contribution >= 0.6 is 11.6 Å². The number of hydrogen-bond donors (Lipinski definition) is 1. The summed E-state index contributed by atoms with van der Waals surface area (Å²) in [4.78, 5) is 15.6. The Morgan fingerprint density at radius 1 is 1.56 bits per heavy atom. The summed E-state index contributed by atoms with van der Waals surface area (Å²) in [6, 6.07) is 3.94. The molecule has 6 heteroatoms. The Labute approximate surface area is 97.3 Å². The molecule has 0 bridgehead atoms. The van der Waals surface area contributed by atoms with E-state index in [1.807, 2.05) is 0 Å². The largest absolute Gasteiger partial charge is 0.478 e. The van der Waals surface area contributed by atoms with E-state index in [-0.39, 0.29) is 10.8 Å². The highest BCUT2D eigenvalue weighted by atomic mass is 35.5. The zero-order chi connectivity index (χ0) is 12.1. The maximum atomic E-state index is 13.3. The summed E-state index contributed by atoms with van der Waals surface area (Å²) in [5.41, 5.74) is 2.08. The molecule has 0 heterocycles. The lowest BCUT2D eigenvalue weighted by atomic mass is 10.3. The van der Waals surface area contributed by atoms with Gasteiger partial charge in [0.05, 0.1) is 7.11 Å². The van der Waals surface area contributed by atoms with E-state index in [0.29, 0.717) is 0 Å². The lowest BCUT2D eigenvalue weighted by molar-refractivity contribution is -0.137. The lowest BCUT2D eigenvalue weighted by Crippen LogP contribution is -2.35. The Balaban J connectivity index is 2.69. The van der Waals surface area contributed by atoms with Crippen molar-refractivity contribution >= 4 is 17.5 Å². The fourth-order valence-corrected chi connectivity index (χ4v) is 1.16. The average molecular weight is 248 g/mol. The average Bonchev–Trinajstić information content (AvgIpc) is 2.22. The maximum absolute atomic E-state index is 13.3. The number of amides is 1. The van der Waals surface area contributed by atoms with E-state index in [1.165, 1.54) is 26.2 Å². The van der Waals surface area contributed by atoms with Gasteiger partial charge in [-0.05, 0) is 25.1 Å². The number of hydroxylamine groups is 1. The van der Waals surface area contributed by atoms with Gasteiger partial charge < -0.3 is 4.74 Å². The number of carbonyl (C=O) groups excluding carboxylic acids is 1. The minimum atomic E-state index is -0.865. The van der Waals surface area contributed by atoms with Crippen molar-refractivity contribution < 1.29 is 18.8 Å². The first-order valence-electron chi connectivity index (χ1n) is 4.49. The smallest absolute Gasteiger partial charge is 0.284 e. The van der Waals surface area contributed by atoms with Crippen LogP contribution in [0.15, 0.2) is 18.2 Å². The number of carbonyl (C=O) groups is 1. The van der Waals surface area contributed by atoms with Crippen molar-refractivity contribution in [2.24, 2.45) is 0 Å². The molecule has 0 aliphatic carbocycles. The molecular formula is C10H11ClFNO3. The monoisotopic (exact) mass is 247 g/mol. The first-order chi connectivity index (χ1) is 7.54. The van der Waals surface area contributed by atoms with Gasteiger partial charge in [-0.25, -0.2) is 9.87 Å². The molecule has 1 rings (SSSR count). The highest BCUT2D eigenvalue weighted by molar-refractivity contribution is 6.30. The van der Waals surface area contributed by atoms with Gasteiger partial charge in [0.1, 0.15) is 0 Å². The Bertz CT molecular complexity index is 386. The number of nitrogens with one attached hydrogen (secondary N) is 1. The van der Waals surface area contributed by atoms with E-state index in [2.05, 4.69) is 10.3 Å². The fourth-order valence-electron chi connectivity index (χ4n) is 0.998. The van der Waals surface area contributed by atoms with Crippen molar-refractivity contribution in [2.75, 3.05) is 7.11 Å². The van der Waals surface area contributed by atoms with Gasteiger partial charge in [0.15, 0.2) is 17.7 Å². The van der Waals surface area contributed by atoms with Crippen LogP contribution in [0.2, 0.25) is 5.02 Å². The molecule has 1 atom stereocenters. The number of hydrogen-bond acceptors (Lipinski definition) is 3. The predicted molar refractivity (Wildman–Crippen MR) is 56.7 cm³/mol. The Hall–Kier alpha value is -1.33. The van der Waals surface area contributed by atoms with E-state index in [0.717, 1.165) is 6.07 Å². The van der Waals surface area contributed by atoms with Crippen molar-refractivity contribution in [3.05, 3.63) is 29.0 Å². The minimum Gasteiger partial charge on any atom is -0.478 e. The van der Waals surface area contributed by atoms with Crippen LogP contribution in [-0.4, -0.2) is 19.1 Å². The van der Waals surface area contributed by atoms with Crippen LogP contribution < -0.4 is 10.2 Å². The zero-order valence-corrected chi connectivity index (χ0v) is 9.55. The van der Waals surface area contributed by atoms with Gasteiger partial charge in [-0.15, -0.1) is 0 Å². The summed E-state index contributed by atoms with van der Waals surface area (Å²) < 4.78 is 18.4. The van der Waals surface area contributed by atoms with Gasteiger partial charge in [-0.1, -0.05) is 11.6 Å². The second kappa shape index (κ2) is 5.67. The minimum absolute atomic E-state index is 0.0387. The van der Waals surface area contributed by atoms with Crippen molar-refractivity contribution in [1.29, 1.82) is 0 Å². The third-order valence-electron chi connectivity index (χ3n) is 1.77. The normalized spacial score (nSPS) is 12.0. The van der Waals surface area contributed by atoms with Gasteiger partial charge >= 0.3 is 0 Å². The number of rotatable bonds is 4. The second-order valence-corrected chi connectivity index (χ2v) is 3.44. The quantitative estimate of drug-likeness (QED) is 0.827. The molecule has 0 fully saturated rings. The summed E-state index contributed by atoms with van der Waals surface area (Å²) in [5, 5.41) is 0.263. The molecule has 0 saturated carbocycles. The molecule has 1 aromatic carbocycles. The highest BCUT2D eigenvalue weighted by Gasteiger charge is 2.16. The van der Waals surface area contributed by atoms with E-state index in [1.54, 1.807) is 0 Å². The zero-order valence-electron chi connectivity index (χ0n) is 8.79. The second-order valence-electron chi connectivity index (χ2n) is 3.01. The molecule has 1 N–H and O–H groups in total. The fraction of sp³-hybridized carbons (Fsp3) is 0.300. The molecule has 1 amide bonds. The first kappa shape index (κ1) is 12.7. The lowest BCUT2D eigenvalue weighted by Gasteiger charge is -2.14. The molecule has 0 radical (unpaired) electrons. The van der Waals surface area contributed by atoms with E-state index >= 15 is 0 Å². The molecule has 0 aliphatic heterocycles. The maximum Gasteiger partial charge on any atom is 0.284 e. The first-order valence-corrected chi connectivity index (χ1v) is 4.87. The molecular weight excluding hydrogens is 237 g/mol. The summed E-state index contributed by atoms with van der Waals surface area (Å²) in [7, 11) is 1.30. The molecule has 0 aliphatic rings. The van der Waals surface area contributed by atoms with Crippen molar-refractivity contribution in [3.63, 3.8) is 0 Å². The summed E-state index contributed by atoms with van der Waals surface area (Å²) >= 11 is 5.57. The standard InChI is InChI=1S/C10H11ClFNO3/c1-6(10(14)13-15-2)16-9-4-3-7(11)5-8(9)12/h3-6H,1-2H3,(H,13,14). The van der Waals surface area contributed by atoms with Gasteiger partial charge in [0.2, 0.25) is 0 Å². The number of ether oxygens (including phenoxy) is 1. The van der Waals surface area contributed by atoms with E-state index < -0.39 is 17.8 Å². The molecule has 0 aromatic heterocycles. The number of halogens is 2. The molecule has 1 aromatic rings. The summed E-state index contributed by atoms with van der Waals surface area (Å²) in [6.07, 6.45) is -0.865. The topological polar surface area (TPSA) is 47.6 Å². The van der Waals surface area contributed by atoms with Gasteiger partial charge in [0.25, 0.3) is 5.91 Å². The third-order valence-corrected chi connectivity index (χ3v) is 2.00. The van der Waals surface area contributed by atoms with Crippen molar-refractivity contribution in [3.8, 4) is 5.75 Å². The summed E-state index contributed by atoms with van der Waals surface area (Å²) in [5.74, 6) is -1.16. The molecule has 16 heavy (non-hydrogen) atoms. The van der Waals surface area contributed by atoms with Crippen molar-refractivity contribution in [2.45, 2.75) is 13.0 Å². The molecule has 0 saturated heterocycles. The SMILES string of the molecule is CONC(=O)C(C)Oc1ccc(Cl)cc1F. The van der Waals surface area contributed by atoms with Crippen LogP contribution in [0.25, 0.3) is 0 Å². The summed E-state index contributed by atoms with van der Waals surface area (Å²) in [6.45, 7) is 1.47. The van der Waals surface area contributed by atoms with Crippen LogP contribution in [0.5, 0.6) is 5.75 Å². The van der Waals surface area contributed by atoms with E-state index in [9.17, 15) is 9.18 Å². The Kier molecular flexibility index (Phi) is 4.52. The Morgan fingerprint density at radius 2 is 2.25 bits per heavy atom. The third kappa shape index (κ3) is 3.36. The van der Waals surface area contributed by atoms with Crippen LogP contribution in [0, 0.1) is 5.82 Å². The van der Waals surface area contributed by atoms with Crippen LogP contribution in [-0.2, 0) is 9.63 Å². The molecule has 4 nitrogen and oxygen atoms in total. The Morgan fingerprint density at radius 3 is 2.81 bits per heavy atom. The van der Waals surface area contributed by atoms with Crippen LogP contribution in [0.3, 0.4) is 0 Å². The van der Waals surface area contributed by atoms with Gasteiger partial charge in [0, 0.05) is 5.02 Å². The van der Waals surface area contributed by atoms with Gasteiger partial charge in [-0.3, -0.25) is 9.63 Å². The highest BCUT2D eigenvalue weighted by Crippen LogP contribution is 2.21. The van der Waals surface area contributed by atoms with Crippen LogP contribution in [0.1, 0.15) is 6.92 Å². The predicted octanol–water partition coefficient (Wildman–Crippen LogP) is 1.92. The van der Waals surface area contributed by atoms with Crippen LogP contribution in [0.4, 0.5) is 4.39 Å². The van der Waals surface area contributed by atoms with Crippen molar-refractivity contribution in [1.82, 2.24) is 5.48 Å². The van der Waals surface area contributed by atoms with E-state index in [4.69, 9.17) is 16.3 Å². The van der Waals surface area contributed by atoms with Gasteiger partial charge in [-0.2, -0.15) is 0 Å². The number of benzene rings is 1. The molecule has 88 valence electrons.